The summed E-state index contributed by atoms with van der Waals surface area (Å²) in [5.41, 5.74) is 0.244. The van der Waals surface area contributed by atoms with E-state index in [2.05, 4.69) is 10.2 Å². The molecule has 128 valence electrons. The van der Waals surface area contributed by atoms with Gasteiger partial charge in [-0.3, -0.25) is 9.36 Å². The number of ketones is 1. The third kappa shape index (κ3) is 3.70. The third-order valence-electron chi connectivity index (χ3n) is 3.87. The Morgan fingerprint density at radius 3 is 3.08 bits per heavy atom. The molecule has 0 saturated carbocycles. The predicted octanol–water partition coefficient (Wildman–Crippen LogP) is 1.73. The Labute approximate surface area is 143 Å². The summed E-state index contributed by atoms with van der Waals surface area (Å²) in [6.07, 6.45) is 1.97. The lowest BCUT2D eigenvalue weighted by molar-refractivity contribution is 0.0941. The molecule has 1 fully saturated rings. The van der Waals surface area contributed by atoms with Crippen LogP contribution in [-0.2, 0) is 11.3 Å². The minimum absolute atomic E-state index is 0.0320. The molecule has 1 saturated heterocycles. The Balaban J connectivity index is 1.68. The van der Waals surface area contributed by atoms with E-state index in [1.807, 2.05) is 6.07 Å². The van der Waals surface area contributed by atoms with Gasteiger partial charge in [-0.25, -0.2) is 9.89 Å². The number of aromatic nitrogens is 3. The molecule has 7 nitrogen and oxygen atoms in total. The first-order valence-electron chi connectivity index (χ1n) is 7.75. The Morgan fingerprint density at radius 1 is 1.50 bits per heavy atom. The molecule has 0 aliphatic carbocycles. The van der Waals surface area contributed by atoms with Crippen molar-refractivity contribution < 1.29 is 14.3 Å². The minimum Gasteiger partial charge on any atom is -0.496 e. The molecule has 1 aliphatic rings. The van der Waals surface area contributed by atoms with Crippen molar-refractivity contribution >= 4 is 17.5 Å². The van der Waals surface area contributed by atoms with E-state index in [-0.39, 0.29) is 23.3 Å². The van der Waals surface area contributed by atoms with Gasteiger partial charge in [0.2, 0.25) is 0 Å². The zero-order valence-corrected chi connectivity index (χ0v) is 14.2. The summed E-state index contributed by atoms with van der Waals surface area (Å²) in [5, 5.41) is 6.96. The fourth-order valence-corrected chi connectivity index (χ4v) is 3.49. The molecule has 0 radical (unpaired) electrons. The van der Waals surface area contributed by atoms with Crippen molar-refractivity contribution in [2.75, 3.05) is 19.5 Å². The van der Waals surface area contributed by atoms with E-state index in [0.29, 0.717) is 23.0 Å². The molecular formula is C16H19N3O4S. The van der Waals surface area contributed by atoms with Gasteiger partial charge in [0, 0.05) is 6.61 Å². The molecule has 0 bridgehead atoms. The van der Waals surface area contributed by atoms with Crippen molar-refractivity contribution in [3.8, 4) is 5.75 Å². The van der Waals surface area contributed by atoms with Crippen molar-refractivity contribution in [1.82, 2.24) is 14.8 Å². The zero-order chi connectivity index (χ0) is 16.9. The van der Waals surface area contributed by atoms with E-state index in [9.17, 15) is 9.59 Å². The van der Waals surface area contributed by atoms with Gasteiger partial charge in [0.1, 0.15) is 5.75 Å². The maximum atomic E-state index is 12.4. The lowest BCUT2D eigenvalue weighted by atomic mass is 10.1. The van der Waals surface area contributed by atoms with Crippen LogP contribution in [0.3, 0.4) is 0 Å². The van der Waals surface area contributed by atoms with E-state index >= 15 is 0 Å². The summed E-state index contributed by atoms with van der Waals surface area (Å²) in [5.74, 6) is 0.648. The second-order valence-electron chi connectivity index (χ2n) is 5.47. The largest absolute Gasteiger partial charge is 0.496 e. The Morgan fingerprint density at radius 2 is 2.33 bits per heavy atom. The highest BCUT2D eigenvalue weighted by atomic mass is 32.2. The molecule has 8 heteroatoms. The van der Waals surface area contributed by atoms with Crippen LogP contribution in [-0.4, -0.2) is 46.1 Å². The second kappa shape index (κ2) is 7.67. The highest BCUT2D eigenvalue weighted by Crippen LogP contribution is 2.22. The second-order valence-corrected chi connectivity index (χ2v) is 6.41. The molecule has 1 N–H and O–H groups in total. The number of carbonyl (C=O) groups excluding carboxylic acids is 1. The number of H-pyrrole nitrogens is 1. The third-order valence-corrected chi connectivity index (χ3v) is 4.85. The standard InChI is InChI=1S/C16H19N3O4S/c1-22-14-7-3-2-6-12(14)13(20)10-24-16-18-17-15(21)19(16)9-11-5-4-8-23-11/h2-3,6-7,11H,4-5,8-10H2,1H3,(H,17,21)/t11-/m0/s1. The van der Waals surface area contributed by atoms with Gasteiger partial charge in [-0.1, -0.05) is 23.9 Å². The fraction of sp³-hybridized carbons (Fsp3) is 0.438. The molecule has 3 rings (SSSR count). The maximum absolute atomic E-state index is 12.4. The topological polar surface area (TPSA) is 86.2 Å². The number of benzene rings is 1. The Kier molecular flexibility index (Phi) is 5.37. The molecule has 0 amide bonds. The van der Waals surface area contributed by atoms with Crippen LogP contribution < -0.4 is 10.4 Å². The van der Waals surface area contributed by atoms with Crippen LogP contribution in [0.25, 0.3) is 0 Å². The summed E-state index contributed by atoms with van der Waals surface area (Å²) >= 11 is 1.23. The average molecular weight is 349 g/mol. The van der Waals surface area contributed by atoms with Gasteiger partial charge in [-0.05, 0) is 25.0 Å². The molecule has 24 heavy (non-hydrogen) atoms. The van der Waals surface area contributed by atoms with E-state index < -0.39 is 0 Å². The lowest BCUT2D eigenvalue weighted by Gasteiger charge is -2.11. The van der Waals surface area contributed by atoms with Crippen LogP contribution >= 0.6 is 11.8 Å². The quantitative estimate of drug-likeness (QED) is 0.605. The van der Waals surface area contributed by atoms with Crippen molar-refractivity contribution in [3.63, 3.8) is 0 Å². The number of methoxy groups -OCH3 is 1. The Hall–Kier alpha value is -2.06. The first kappa shape index (κ1) is 16.8. The number of nitrogens with zero attached hydrogens (tertiary/aromatic N) is 2. The molecule has 1 aromatic heterocycles. The van der Waals surface area contributed by atoms with Gasteiger partial charge in [-0.15, -0.1) is 5.10 Å². The molecule has 1 aliphatic heterocycles. The number of hydrogen-bond acceptors (Lipinski definition) is 6. The number of ether oxygens (including phenoxy) is 2. The number of para-hydroxylation sites is 1. The van der Waals surface area contributed by atoms with E-state index in [1.54, 1.807) is 18.2 Å². The number of thioether (sulfide) groups is 1. The summed E-state index contributed by atoms with van der Waals surface area (Å²) in [6.45, 7) is 1.19. The van der Waals surface area contributed by atoms with Crippen LogP contribution in [0.2, 0.25) is 0 Å². The Bertz CT molecular complexity index is 765. The van der Waals surface area contributed by atoms with Crippen molar-refractivity contribution in [2.45, 2.75) is 30.6 Å². The van der Waals surface area contributed by atoms with Gasteiger partial charge < -0.3 is 9.47 Å². The van der Waals surface area contributed by atoms with Crippen molar-refractivity contribution in [1.29, 1.82) is 0 Å². The van der Waals surface area contributed by atoms with Crippen LogP contribution in [0.4, 0.5) is 0 Å². The maximum Gasteiger partial charge on any atom is 0.344 e. The summed E-state index contributed by atoms with van der Waals surface area (Å²) in [4.78, 5) is 24.3. The first-order chi connectivity index (χ1) is 11.7. The highest BCUT2D eigenvalue weighted by molar-refractivity contribution is 7.99. The van der Waals surface area contributed by atoms with Crippen molar-refractivity contribution in [2.24, 2.45) is 0 Å². The number of nitrogens with one attached hydrogen (secondary N) is 1. The number of rotatable bonds is 7. The molecule has 0 spiro atoms. The van der Waals surface area contributed by atoms with Crippen molar-refractivity contribution in [3.05, 3.63) is 40.3 Å². The number of Topliss-reactive ketones (excluding diaryl/α,β-unsaturated/α-hetero) is 1. The highest BCUT2D eigenvalue weighted by Gasteiger charge is 2.20. The summed E-state index contributed by atoms with van der Waals surface area (Å²) < 4.78 is 12.3. The normalized spacial score (nSPS) is 17.1. The van der Waals surface area contributed by atoms with Gasteiger partial charge in [0.05, 0.1) is 31.1 Å². The van der Waals surface area contributed by atoms with E-state index in [4.69, 9.17) is 9.47 Å². The first-order valence-corrected chi connectivity index (χ1v) is 8.73. The predicted molar refractivity (Wildman–Crippen MR) is 89.9 cm³/mol. The molecule has 1 aromatic carbocycles. The zero-order valence-electron chi connectivity index (χ0n) is 13.4. The lowest BCUT2D eigenvalue weighted by Crippen LogP contribution is -2.25. The van der Waals surface area contributed by atoms with Gasteiger partial charge >= 0.3 is 5.69 Å². The van der Waals surface area contributed by atoms with Crippen LogP contribution in [0, 0.1) is 0 Å². The molecule has 2 aromatic rings. The molecule has 1 atom stereocenters. The van der Waals surface area contributed by atoms with Crippen LogP contribution in [0.15, 0.2) is 34.2 Å². The molecule has 2 heterocycles. The van der Waals surface area contributed by atoms with Crippen LogP contribution in [0.5, 0.6) is 5.75 Å². The van der Waals surface area contributed by atoms with Gasteiger partial charge in [0.25, 0.3) is 0 Å². The van der Waals surface area contributed by atoms with E-state index in [1.165, 1.54) is 23.4 Å². The minimum atomic E-state index is -0.280. The van der Waals surface area contributed by atoms with Gasteiger partial charge in [0.15, 0.2) is 10.9 Å². The number of hydrogen-bond donors (Lipinski definition) is 1. The molecular weight excluding hydrogens is 330 g/mol. The average Bonchev–Trinajstić information content (AvgIpc) is 3.24. The fourth-order valence-electron chi connectivity index (χ4n) is 2.65. The number of aromatic amines is 1. The van der Waals surface area contributed by atoms with Gasteiger partial charge in [-0.2, -0.15) is 0 Å². The molecule has 0 unspecified atom stereocenters. The summed E-state index contributed by atoms with van der Waals surface area (Å²) in [6, 6.07) is 7.09. The summed E-state index contributed by atoms with van der Waals surface area (Å²) in [7, 11) is 1.53. The van der Waals surface area contributed by atoms with E-state index in [0.717, 1.165) is 19.4 Å². The monoisotopic (exact) mass is 349 g/mol. The smallest absolute Gasteiger partial charge is 0.344 e. The SMILES string of the molecule is COc1ccccc1C(=O)CSc1n[nH]c(=O)n1C[C@@H]1CCCO1. The number of carbonyl (C=O) groups is 1. The van der Waals surface area contributed by atoms with Crippen LogP contribution in [0.1, 0.15) is 23.2 Å².